The minimum atomic E-state index is -0.204. The molecule has 6 heteroatoms. The number of piperidine rings is 1. The molecule has 0 radical (unpaired) electrons. The summed E-state index contributed by atoms with van der Waals surface area (Å²) in [5.41, 5.74) is 6.23. The van der Waals surface area contributed by atoms with Crippen LogP contribution in [-0.2, 0) is 4.79 Å². The molecule has 1 heterocycles. The van der Waals surface area contributed by atoms with Gasteiger partial charge in [0.05, 0.1) is 5.92 Å². The molecule has 2 aromatic rings. The van der Waals surface area contributed by atoms with Gasteiger partial charge in [0, 0.05) is 42.5 Å². The van der Waals surface area contributed by atoms with Crippen LogP contribution in [0.15, 0.2) is 36.4 Å². The number of benzene rings is 2. The Labute approximate surface area is 235 Å². The van der Waals surface area contributed by atoms with Crippen LogP contribution in [0.5, 0.6) is 0 Å². The molecule has 39 heavy (non-hydrogen) atoms. The van der Waals surface area contributed by atoms with E-state index in [2.05, 4.69) is 92.6 Å². The van der Waals surface area contributed by atoms with Crippen LogP contribution in [0.2, 0.25) is 0 Å². The van der Waals surface area contributed by atoms with E-state index in [0.29, 0.717) is 24.2 Å². The SMILES string of the molecule is CCN(c1cc(-c2ccc(C)cc2)cc(C(=O)NCC2C(=O)NC(C)CC2C)c1C)C1CCC(N(C)C)CC1. The zero-order chi connectivity index (χ0) is 28.3. The molecule has 2 aromatic carbocycles. The van der Waals surface area contributed by atoms with Crippen molar-refractivity contribution in [1.29, 1.82) is 0 Å². The molecule has 1 aliphatic heterocycles. The highest BCUT2D eigenvalue weighted by Gasteiger charge is 2.33. The van der Waals surface area contributed by atoms with Crippen molar-refractivity contribution < 1.29 is 9.59 Å². The number of nitrogens with zero attached hydrogens (tertiary/aromatic N) is 2. The molecule has 0 bridgehead atoms. The summed E-state index contributed by atoms with van der Waals surface area (Å²) >= 11 is 0. The van der Waals surface area contributed by atoms with Crippen LogP contribution in [0, 0.1) is 25.7 Å². The largest absolute Gasteiger partial charge is 0.369 e. The van der Waals surface area contributed by atoms with Gasteiger partial charge in [-0.3, -0.25) is 9.59 Å². The Balaban J connectivity index is 1.65. The fraction of sp³-hybridized carbons (Fsp3) is 0.576. The van der Waals surface area contributed by atoms with Crippen LogP contribution in [0.4, 0.5) is 5.69 Å². The summed E-state index contributed by atoms with van der Waals surface area (Å²) in [4.78, 5) is 31.2. The molecule has 2 amide bonds. The molecule has 2 fully saturated rings. The monoisotopic (exact) mass is 532 g/mol. The summed E-state index contributed by atoms with van der Waals surface area (Å²) < 4.78 is 0. The predicted molar refractivity (Wildman–Crippen MR) is 161 cm³/mol. The average Bonchev–Trinajstić information content (AvgIpc) is 2.90. The van der Waals surface area contributed by atoms with Crippen molar-refractivity contribution in [2.24, 2.45) is 11.8 Å². The van der Waals surface area contributed by atoms with Crippen molar-refractivity contribution in [1.82, 2.24) is 15.5 Å². The van der Waals surface area contributed by atoms with Crippen molar-refractivity contribution in [2.75, 3.05) is 32.1 Å². The Bertz CT molecular complexity index is 1150. The Morgan fingerprint density at radius 3 is 2.21 bits per heavy atom. The van der Waals surface area contributed by atoms with Crippen molar-refractivity contribution in [3.8, 4) is 11.1 Å². The minimum absolute atomic E-state index is 0.0397. The molecule has 3 unspecified atom stereocenters. The summed E-state index contributed by atoms with van der Waals surface area (Å²) in [6.07, 6.45) is 5.62. The molecule has 1 aliphatic carbocycles. The zero-order valence-electron chi connectivity index (χ0n) is 25.0. The van der Waals surface area contributed by atoms with Crippen molar-refractivity contribution in [3.63, 3.8) is 0 Å². The first-order chi connectivity index (χ1) is 18.6. The fourth-order valence-electron chi connectivity index (χ4n) is 6.64. The van der Waals surface area contributed by atoms with E-state index in [-0.39, 0.29) is 29.7 Å². The van der Waals surface area contributed by atoms with Gasteiger partial charge in [0.15, 0.2) is 0 Å². The molecular weight excluding hydrogens is 484 g/mol. The Morgan fingerprint density at radius 1 is 0.974 bits per heavy atom. The first-order valence-electron chi connectivity index (χ1n) is 14.8. The summed E-state index contributed by atoms with van der Waals surface area (Å²) in [6.45, 7) is 11.8. The fourth-order valence-corrected chi connectivity index (χ4v) is 6.64. The lowest BCUT2D eigenvalue weighted by molar-refractivity contribution is -0.129. The maximum Gasteiger partial charge on any atom is 0.251 e. The van der Waals surface area contributed by atoms with Crippen LogP contribution in [0.1, 0.15) is 74.4 Å². The third-order valence-corrected chi connectivity index (χ3v) is 9.12. The van der Waals surface area contributed by atoms with Gasteiger partial charge >= 0.3 is 0 Å². The molecule has 6 nitrogen and oxygen atoms in total. The summed E-state index contributed by atoms with van der Waals surface area (Å²) in [5, 5.41) is 6.18. The molecule has 4 rings (SSSR count). The van der Waals surface area contributed by atoms with Gasteiger partial charge in [-0.15, -0.1) is 0 Å². The van der Waals surface area contributed by atoms with Crippen LogP contribution in [0.3, 0.4) is 0 Å². The Hall–Kier alpha value is -2.86. The van der Waals surface area contributed by atoms with Gasteiger partial charge in [-0.05, 0) is 109 Å². The van der Waals surface area contributed by atoms with Gasteiger partial charge in [-0.25, -0.2) is 0 Å². The molecule has 1 saturated carbocycles. The highest BCUT2D eigenvalue weighted by molar-refractivity contribution is 5.99. The van der Waals surface area contributed by atoms with Crippen LogP contribution in [0.25, 0.3) is 11.1 Å². The van der Waals surface area contributed by atoms with Gasteiger partial charge < -0.3 is 20.4 Å². The Kier molecular flexibility index (Phi) is 9.37. The highest BCUT2D eigenvalue weighted by atomic mass is 16.2. The first kappa shape index (κ1) is 29.1. The molecule has 0 aromatic heterocycles. The molecule has 1 saturated heterocycles. The van der Waals surface area contributed by atoms with Gasteiger partial charge in [-0.2, -0.15) is 0 Å². The number of carbonyl (C=O) groups excluding carboxylic acids is 2. The van der Waals surface area contributed by atoms with Gasteiger partial charge in [-0.1, -0.05) is 36.8 Å². The Morgan fingerprint density at radius 2 is 1.62 bits per heavy atom. The standard InChI is InChI=1S/C33H48N4O2/c1-8-37(28-15-13-27(14-16-28)36(6)7)31-19-26(25-11-9-21(2)10-12-25)18-29(24(31)5)32(38)34-20-30-22(3)17-23(4)35-33(30)39/h9-12,18-19,22-23,27-28,30H,8,13-17,20H2,1-7H3,(H,34,38)(H,35,39). The van der Waals surface area contributed by atoms with Crippen LogP contribution < -0.4 is 15.5 Å². The third-order valence-electron chi connectivity index (χ3n) is 9.12. The van der Waals surface area contributed by atoms with E-state index in [1.54, 1.807) is 0 Å². The second-order valence-electron chi connectivity index (χ2n) is 12.2. The highest BCUT2D eigenvalue weighted by Crippen LogP contribution is 2.36. The van der Waals surface area contributed by atoms with Crippen molar-refractivity contribution in [3.05, 3.63) is 53.1 Å². The second-order valence-corrected chi connectivity index (χ2v) is 12.2. The number of amides is 2. The van der Waals surface area contributed by atoms with Crippen molar-refractivity contribution >= 4 is 17.5 Å². The molecule has 2 N–H and O–H groups in total. The summed E-state index contributed by atoms with van der Waals surface area (Å²) in [6, 6.07) is 14.1. The third kappa shape index (κ3) is 6.66. The molecular formula is C33H48N4O2. The van der Waals surface area contributed by atoms with Gasteiger partial charge in [0.1, 0.15) is 0 Å². The van der Waals surface area contributed by atoms with E-state index in [1.165, 1.54) is 18.4 Å². The lowest BCUT2D eigenvalue weighted by atomic mass is 9.84. The van der Waals surface area contributed by atoms with Gasteiger partial charge in [0.25, 0.3) is 5.91 Å². The average molecular weight is 533 g/mol. The minimum Gasteiger partial charge on any atom is -0.369 e. The number of hydrogen-bond acceptors (Lipinski definition) is 4. The van der Waals surface area contributed by atoms with Crippen molar-refractivity contribution in [2.45, 2.75) is 84.8 Å². The van der Waals surface area contributed by atoms with E-state index in [9.17, 15) is 9.59 Å². The normalized spacial score (nSPS) is 25.3. The van der Waals surface area contributed by atoms with Gasteiger partial charge in [0.2, 0.25) is 5.91 Å². The number of anilines is 1. The second kappa shape index (κ2) is 12.5. The number of aryl methyl sites for hydroxylation is 1. The number of carbonyl (C=O) groups is 2. The van der Waals surface area contributed by atoms with E-state index >= 15 is 0 Å². The van der Waals surface area contributed by atoms with E-state index in [0.717, 1.165) is 48.2 Å². The summed E-state index contributed by atoms with van der Waals surface area (Å²) in [7, 11) is 4.36. The molecule has 212 valence electrons. The molecule has 2 aliphatic rings. The number of rotatable bonds is 8. The number of nitrogens with one attached hydrogen (secondary N) is 2. The topological polar surface area (TPSA) is 64.7 Å². The lowest BCUT2D eigenvalue weighted by Gasteiger charge is -2.40. The molecule has 0 spiro atoms. The van der Waals surface area contributed by atoms with E-state index in [1.807, 2.05) is 13.0 Å². The zero-order valence-corrected chi connectivity index (χ0v) is 25.0. The quantitative estimate of drug-likeness (QED) is 0.467. The molecule has 3 atom stereocenters. The van der Waals surface area contributed by atoms with E-state index in [4.69, 9.17) is 0 Å². The number of hydrogen-bond donors (Lipinski definition) is 2. The first-order valence-corrected chi connectivity index (χ1v) is 14.8. The summed E-state index contributed by atoms with van der Waals surface area (Å²) in [5.74, 6) is -0.0340. The predicted octanol–water partition coefficient (Wildman–Crippen LogP) is 5.56. The van der Waals surface area contributed by atoms with Crippen LogP contribution >= 0.6 is 0 Å². The maximum atomic E-state index is 13.7. The van der Waals surface area contributed by atoms with Crippen LogP contribution in [-0.4, -0.2) is 62.0 Å². The smallest absolute Gasteiger partial charge is 0.251 e. The lowest BCUT2D eigenvalue weighted by Crippen LogP contribution is -2.50. The maximum absolute atomic E-state index is 13.7. The van der Waals surface area contributed by atoms with E-state index < -0.39 is 0 Å².